The molecule has 5 nitrogen and oxygen atoms in total. The van der Waals surface area contributed by atoms with Crippen molar-refractivity contribution in [1.82, 2.24) is 15.0 Å². The Morgan fingerprint density at radius 2 is 2.10 bits per heavy atom. The molecule has 110 valence electrons. The molecule has 0 amide bonds. The van der Waals surface area contributed by atoms with Crippen LogP contribution in [-0.4, -0.2) is 20.4 Å². The van der Waals surface area contributed by atoms with E-state index in [1.54, 1.807) is 12.3 Å². The van der Waals surface area contributed by atoms with Crippen molar-refractivity contribution in [2.24, 2.45) is 0 Å². The van der Waals surface area contributed by atoms with Gasteiger partial charge in [0.15, 0.2) is 0 Å². The van der Waals surface area contributed by atoms with E-state index in [0.29, 0.717) is 10.8 Å². The molecule has 0 unspecified atom stereocenters. The molecule has 0 bridgehead atoms. The molecule has 0 saturated heterocycles. The van der Waals surface area contributed by atoms with E-state index in [1.165, 1.54) is 22.7 Å². The number of thiazole rings is 1. The smallest absolute Gasteiger partial charge is 0.250 e. The largest absolute Gasteiger partial charge is 0.316 e. The molecular weight excluding hydrogens is 314 g/mol. The van der Waals surface area contributed by atoms with Gasteiger partial charge in [-0.2, -0.15) is 4.72 Å². The maximum absolute atomic E-state index is 12.4. The van der Waals surface area contributed by atoms with Gasteiger partial charge in [-0.3, -0.25) is 0 Å². The van der Waals surface area contributed by atoms with Gasteiger partial charge in [0, 0.05) is 18.1 Å². The van der Waals surface area contributed by atoms with Crippen LogP contribution >= 0.6 is 22.7 Å². The van der Waals surface area contributed by atoms with Gasteiger partial charge in [-0.15, -0.1) is 22.7 Å². The average molecular weight is 331 g/mol. The summed E-state index contributed by atoms with van der Waals surface area (Å²) in [7, 11) is -1.71. The Morgan fingerprint density at radius 3 is 2.70 bits per heavy atom. The summed E-state index contributed by atoms with van der Waals surface area (Å²) in [6.45, 7) is 4.28. The average Bonchev–Trinajstić information content (AvgIpc) is 2.99. The van der Waals surface area contributed by atoms with Crippen LogP contribution in [0.1, 0.15) is 24.4 Å². The lowest BCUT2D eigenvalue weighted by atomic mass is 10.1. The molecule has 0 aliphatic rings. The van der Waals surface area contributed by atoms with Gasteiger partial charge in [0.1, 0.15) is 9.22 Å². The Hall–Kier alpha value is -0.800. The molecule has 0 fully saturated rings. The second-order valence-corrected chi connectivity index (χ2v) is 8.59. The van der Waals surface area contributed by atoms with Gasteiger partial charge >= 0.3 is 0 Å². The lowest BCUT2D eigenvalue weighted by Crippen LogP contribution is -2.40. The van der Waals surface area contributed by atoms with E-state index >= 15 is 0 Å². The number of thiophene rings is 1. The minimum absolute atomic E-state index is 0.326. The Labute approximate surface area is 127 Å². The first-order valence-electron chi connectivity index (χ1n) is 6.01. The molecule has 0 atom stereocenters. The van der Waals surface area contributed by atoms with Gasteiger partial charge in [0.2, 0.25) is 0 Å². The van der Waals surface area contributed by atoms with E-state index in [9.17, 15) is 8.42 Å². The fourth-order valence-electron chi connectivity index (χ4n) is 1.75. The first kappa shape index (κ1) is 15.6. The van der Waals surface area contributed by atoms with E-state index < -0.39 is 15.6 Å². The number of sulfonamides is 1. The monoisotopic (exact) mass is 331 g/mol. The van der Waals surface area contributed by atoms with Crippen LogP contribution in [0.5, 0.6) is 0 Å². The highest BCUT2D eigenvalue weighted by Crippen LogP contribution is 2.27. The second-order valence-electron chi connectivity index (χ2n) is 4.87. The van der Waals surface area contributed by atoms with Crippen molar-refractivity contribution in [3.05, 3.63) is 33.6 Å². The van der Waals surface area contributed by atoms with Gasteiger partial charge in [-0.25, -0.2) is 13.4 Å². The predicted molar refractivity (Wildman–Crippen MR) is 82.5 cm³/mol. The third-order valence-corrected chi connectivity index (χ3v) is 6.87. The van der Waals surface area contributed by atoms with Crippen LogP contribution in [0.4, 0.5) is 0 Å². The predicted octanol–water partition coefficient (Wildman–Crippen LogP) is 2.14. The van der Waals surface area contributed by atoms with Gasteiger partial charge in [-0.1, -0.05) is 0 Å². The number of rotatable bonds is 6. The van der Waals surface area contributed by atoms with E-state index in [0.717, 1.165) is 10.6 Å². The summed E-state index contributed by atoms with van der Waals surface area (Å²) in [5.41, 5.74) is 0.241. The summed E-state index contributed by atoms with van der Waals surface area (Å²) in [6.07, 6.45) is 1.67. The number of nitrogens with zero attached hydrogens (tertiary/aromatic N) is 1. The fraction of sp³-hybridized carbons (Fsp3) is 0.417. The van der Waals surface area contributed by atoms with Crippen LogP contribution in [0.2, 0.25) is 0 Å². The van der Waals surface area contributed by atoms with E-state index in [4.69, 9.17) is 0 Å². The Bertz CT molecular complexity index is 660. The molecule has 0 aromatic carbocycles. The molecule has 0 radical (unpaired) electrons. The summed E-state index contributed by atoms with van der Waals surface area (Å²) in [5.74, 6) is 0. The molecule has 2 aromatic heterocycles. The fourth-order valence-corrected chi connectivity index (χ4v) is 5.13. The number of nitrogens with one attached hydrogen (secondary N) is 2. The standard InChI is InChI=1S/C12H17N3O2S3/c1-12(2,11-14-4-5-18-11)15-20(16,17)10-6-9(7-13-3)8-19-10/h4-6,8,13,15H,7H2,1-3H3. The van der Waals surface area contributed by atoms with Gasteiger partial charge < -0.3 is 5.32 Å². The Morgan fingerprint density at radius 1 is 1.35 bits per heavy atom. The topological polar surface area (TPSA) is 71.1 Å². The summed E-state index contributed by atoms with van der Waals surface area (Å²) in [4.78, 5) is 4.19. The molecule has 20 heavy (non-hydrogen) atoms. The van der Waals surface area contributed by atoms with E-state index in [1.807, 2.05) is 31.7 Å². The zero-order valence-electron chi connectivity index (χ0n) is 11.5. The van der Waals surface area contributed by atoms with Crippen molar-refractivity contribution >= 4 is 32.7 Å². The first-order chi connectivity index (χ1) is 9.35. The summed E-state index contributed by atoms with van der Waals surface area (Å²) < 4.78 is 27.9. The molecule has 2 rings (SSSR count). The van der Waals surface area contributed by atoms with Crippen molar-refractivity contribution in [2.75, 3.05) is 7.05 Å². The Balaban J connectivity index is 2.22. The molecule has 0 aliphatic carbocycles. The number of hydrogen-bond acceptors (Lipinski definition) is 6. The number of hydrogen-bond donors (Lipinski definition) is 2. The Kier molecular flexibility index (Phi) is 4.60. The van der Waals surface area contributed by atoms with E-state index in [-0.39, 0.29) is 0 Å². The summed E-state index contributed by atoms with van der Waals surface area (Å²) in [6, 6.07) is 1.70. The minimum Gasteiger partial charge on any atom is -0.316 e. The molecule has 0 aliphatic heterocycles. The highest BCUT2D eigenvalue weighted by atomic mass is 32.2. The molecule has 2 N–H and O–H groups in total. The molecular formula is C12H17N3O2S3. The zero-order chi connectivity index (χ0) is 14.8. The quantitative estimate of drug-likeness (QED) is 0.851. The van der Waals surface area contributed by atoms with Crippen molar-refractivity contribution < 1.29 is 8.42 Å². The van der Waals surface area contributed by atoms with Crippen LogP contribution in [-0.2, 0) is 22.1 Å². The molecule has 2 heterocycles. The van der Waals surface area contributed by atoms with Crippen LogP contribution in [0, 0.1) is 0 Å². The highest BCUT2D eigenvalue weighted by molar-refractivity contribution is 7.91. The third kappa shape index (κ3) is 3.44. The second kappa shape index (κ2) is 5.90. The van der Waals surface area contributed by atoms with Gasteiger partial charge in [0.05, 0.1) is 5.54 Å². The van der Waals surface area contributed by atoms with Crippen molar-refractivity contribution in [3.8, 4) is 0 Å². The molecule has 0 saturated carbocycles. The highest BCUT2D eigenvalue weighted by Gasteiger charge is 2.30. The van der Waals surface area contributed by atoms with Crippen molar-refractivity contribution in [3.63, 3.8) is 0 Å². The first-order valence-corrected chi connectivity index (χ1v) is 9.25. The van der Waals surface area contributed by atoms with Crippen LogP contribution < -0.4 is 10.0 Å². The lowest BCUT2D eigenvalue weighted by Gasteiger charge is -2.22. The zero-order valence-corrected chi connectivity index (χ0v) is 14.0. The van der Waals surface area contributed by atoms with Crippen LogP contribution in [0.15, 0.2) is 27.2 Å². The summed E-state index contributed by atoms with van der Waals surface area (Å²) >= 11 is 2.66. The summed E-state index contributed by atoms with van der Waals surface area (Å²) in [5, 5.41) is 7.43. The number of aromatic nitrogens is 1. The normalized spacial score (nSPS) is 12.8. The molecule has 8 heteroatoms. The van der Waals surface area contributed by atoms with Gasteiger partial charge in [0.25, 0.3) is 10.0 Å². The third-order valence-electron chi connectivity index (χ3n) is 2.63. The molecule has 0 spiro atoms. The lowest BCUT2D eigenvalue weighted by molar-refractivity contribution is 0.470. The SMILES string of the molecule is CNCc1csc(S(=O)(=O)NC(C)(C)c2nccs2)c1. The van der Waals surface area contributed by atoms with Crippen molar-refractivity contribution in [1.29, 1.82) is 0 Å². The maximum atomic E-state index is 12.4. The van der Waals surface area contributed by atoms with Gasteiger partial charge in [-0.05, 0) is 37.9 Å². The maximum Gasteiger partial charge on any atom is 0.250 e. The van der Waals surface area contributed by atoms with E-state index in [2.05, 4.69) is 15.0 Å². The van der Waals surface area contributed by atoms with Crippen molar-refractivity contribution in [2.45, 2.75) is 30.1 Å². The van der Waals surface area contributed by atoms with Crippen LogP contribution in [0.3, 0.4) is 0 Å². The van der Waals surface area contributed by atoms with Crippen LogP contribution in [0.25, 0.3) is 0 Å². The minimum atomic E-state index is -3.53. The molecule has 2 aromatic rings.